The highest BCUT2D eigenvalue weighted by Gasteiger charge is 2.43. The molecule has 1 saturated heterocycles. The van der Waals surface area contributed by atoms with Gasteiger partial charge in [0.15, 0.2) is 0 Å². The van der Waals surface area contributed by atoms with Crippen molar-refractivity contribution in [1.82, 2.24) is 9.88 Å². The van der Waals surface area contributed by atoms with Crippen LogP contribution in [0, 0.1) is 6.92 Å². The fourth-order valence-electron chi connectivity index (χ4n) is 2.15. The minimum absolute atomic E-state index is 0.654. The number of aromatic nitrogens is 1. The van der Waals surface area contributed by atoms with Gasteiger partial charge < -0.3 is 5.11 Å². The monoisotopic (exact) mass is 240 g/mol. The number of carboxylic acids is 1. The van der Waals surface area contributed by atoms with E-state index in [2.05, 4.69) is 4.98 Å². The predicted molar refractivity (Wildman–Crippen MR) is 62.5 cm³/mol. The van der Waals surface area contributed by atoms with Crippen molar-refractivity contribution in [2.45, 2.75) is 38.8 Å². The Morgan fingerprint density at radius 3 is 3.06 bits per heavy atom. The molecule has 0 amide bonds. The number of likely N-dealkylation sites (tertiary alicyclic amines) is 1. The van der Waals surface area contributed by atoms with Gasteiger partial charge in [-0.05, 0) is 33.2 Å². The molecular formula is C11H16N2O2S. The second-order valence-corrected chi connectivity index (χ2v) is 5.43. The van der Waals surface area contributed by atoms with Crippen LogP contribution in [0.5, 0.6) is 0 Å². The summed E-state index contributed by atoms with van der Waals surface area (Å²) < 4.78 is 0. The van der Waals surface area contributed by atoms with Gasteiger partial charge in [0, 0.05) is 11.1 Å². The number of hydrogen-bond acceptors (Lipinski definition) is 4. The van der Waals surface area contributed by atoms with Crippen LogP contribution in [0.2, 0.25) is 0 Å². The summed E-state index contributed by atoms with van der Waals surface area (Å²) in [5.74, 6) is -0.724. The molecule has 0 radical (unpaired) electrons. The average molecular weight is 240 g/mol. The number of aryl methyl sites for hydroxylation is 1. The fourth-order valence-corrected chi connectivity index (χ4v) is 2.94. The molecule has 1 unspecified atom stereocenters. The standard InChI is InChI=1S/C11H16N2O2S/c1-8-7-16-9(12-8)6-13-5-3-4-11(13,2)10(14)15/h7H,3-6H2,1-2H3,(H,14,15). The molecule has 4 nitrogen and oxygen atoms in total. The van der Waals surface area contributed by atoms with Crippen molar-refractivity contribution < 1.29 is 9.90 Å². The van der Waals surface area contributed by atoms with Crippen molar-refractivity contribution in [3.63, 3.8) is 0 Å². The van der Waals surface area contributed by atoms with Crippen LogP contribution in [0.3, 0.4) is 0 Å². The van der Waals surface area contributed by atoms with E-state index in [9.17, 15) is 9.90 Å². The zero-order chi connectivity index (χ0) is 11.8. The van der Waals surface area contributed by atoms with E-state index < -0.39 is 11.5 Å². The quantitative estimate of drug-likeness (QED) is 0.876. The molecular weight excluding hydrogens is 224 g/mol. The lowest BCUT2D eigenvalue weighted by molar-refractivity contribution is -0.148. The topological polar surface area (TPSA) is 53.4 Å². The summed E-state index contributed by atoms with van der Waals surface area (Å²) in [6.07, 6.45) is 1.68. The first-order valence-electron chi connectivity index (χ1n) is 5.42. The lowest BCUT2D eigenvalue weighted by Gasteiger charge is -2.30. The Labute approximate surface area is 98.9 Å². The summed E-state index contributed by atoms with van der Waals surface area (Å²) in [7, 11) is 0. The zero-order valence-electron chi connectivity index (χ0n) is 9.56. The van der Waals surface area contributed by atoms with E-state index in [-0.39, 0.29) is 0 Å². The minimum atomic E-state index is -0.724. The van der Waals surface area contributed by atoms with Crippen molar-refractivity contribution in [3.8, 4) is 0 Å². The van der Waals surface area contributed by atoms with Crippen LogP contribution < -0.4 is 0 Å². The second kappa shape index (κ2) is 4.14. The molecule has 1 fully saturated rings. The summed E-state index contributed by atoms with van der Waals surface area (Å²) in [5.41, 5.74) is 0.302. The Morgan fingerprint density at radius 2 is 2.50 bits per heavy atom. The normalized spacial score (nSPS) is 26.1. The van der Waals surface area contributed by atoms with Crippen molar-refractivity contribution >= 4 is 17.3 Å². The molecule has 0 aliphatic carbocycles. The summed E-state index contributed by atoms with van der Waals surface area (Å²) in [6.45, 7) is 5.27. The highest BCUT2D eigenvalue weighted by molar-refractivity contribution is 7.09. The van der Waals surface area contributed by atoms with Gasteiger partial charge in [-0.15, -0.1) is 11.3 Å². The van der Waals surface area contributed by atoms with E-state index in [1.54, 1.807) is 11.3 Å². The largest absolute Gasteiger partial charge is 0.480 e. The van der Waals surface area contributed by atoms with Crippen molar-refractivity contribution in [3.05, 3.63) is 16.1 Å². The van der Waals surface area contributed by atoms with Crippen molar-refractivity contribution in [2.75, 3.05) is 6.54 Å². The Kier molecular flexibility index (Phi) is 2.99. The molecule has 0 bridgehead atoms. The highest BCUT2D eigenvalue weighted by Crippen LogP contribution is 2.31. The van der Waals surface area contributed by atoms with Gasteiger partial charge in [0.05, 0.1) is 6.54 Å². The first-order valence-corrected chi connectivity index (χ1v) is 6.30. The lowest BCUT2D eigenvalue weighted by Crippen LogP contribution is -2.47. The van der Waals surface area contributed by atoms with Crippen LogP contribution in [0.15, 0.2) is 5.38 Å². The summed E-state index contributed by atoms with van der Waals surface area (Å²) in [4.78, 5) is 17.7. The lowest BCUT2D eigenvalue weighted by atomic mass is 9.99. The van der Waals surface area contributed by atoms with Gasteiger partial charge in [-0.3, -0.25) is 9.69 Å². The number of thiazole rings is 1. The molecule has 0 spiro atoms. The van der Waals surface area contributed by atoms with E-state index in [4.69, 9.17) is 0 Å². The van der Waals surface area contributed by atoms with Crippen molar-refractivity contribution in [1.29, 1.82) is 0 Å². The SMILES string of the molecule is Cc1csc(CN2CCCC2(C)C(=O)O)n1. The van der Waals surface area contributed by atoms with E-state index in [1.165, 1.54) is 0 Å². The third-order valence-corrected chi connectivity index (χ3v) is 4.19. The number of carbonyl (C=O) groups is 1. The number of nitrogens with zero attached hydrogens (tertiary/aromatic N) is 2. The third kappa shape index (κ3) is 1.97. The van der Waals surface area contributed by atoms with Crippen molar-refractivity contribution in [2.24, 2.45) is 0 Å². The van der Waals surface area contributed by atoms with Crippen LogP contribution in [-0.2, 0) is 11.3 Å². The molecule has 16 heavy (non-hydrogen) atoms. The second-order valence-electron chi connectivity index (χ2n) is 4.49. The molecule has 0 saturated carbocycles. The van der Waals surface area contributed by atoms with Gasteiger partial charge in [-0.2, -0.15) is 0 Å². The summed E-state index contributed by atoms with van der Waals surface area (Å²) >= 11 is 1.60. The highest BCUT2D eigenvalue weighted by atomic mass is 32.1. The molecule has 1 aromatic heterocycles. The molecule has 1 aliphatic rings. The van der Waals surface area contributed by atoms with E-state index in [0.29, 0.717) is 6.54 Å². The van der Waals surface area contributed by atoms with Gasteiger partial charge >= 0.3 is 5.97 Å². The minimum Gasteiger partial charge on any atom is -0.480 e. The van der Waals surface area contributed by atoms with E-state index in [1.807, 2.05) is 24.1 Å². The number of rotatable bonds is 3. The number of hydrogen-bond donors (Lipinski definition) is 1. The van der Waals surface area contributed by atoms with Gasteiger partial charge in [-0.25, -0.2) is 4.98 Å². The van der Waals surface area contributed by atoms with Gasteiger partial charge in [-0.1, -0.05) is 0 Å². The first-order chi connectivity index (χ1) is 7.52. The summed E-state index contributed by atoms with van der Waals surface area (Å²) in [5, 5.41) is 12.3. The fraction of sp³-hybridized carbons (Fsp3) is 0.636. The molecule has 2 rings (SSSR count). The molecule has 5 heteroatoms. The van der Waals surface area contributed by atoms with Crippen LogP contribution in [0.4, 0.5) is 0 Å². The van der Waals surface area contributed by atoms with E-state index >= 15 is 0 Å². The first kappa shape index (κ1) is 11.5. The molecule has 1 atom stereocenters. The third-order valence-electron chi connectivity index (χ3n) is 3.24. The van der Waals surface area contributed by atoms with Crippen LogP contribution >= 0.6 is 11.3 Å². The molecule has 88 valence electrons. The van der Waals surface area contributed by atoms with Gasteiger partial charge in [0.1, 0.15) is 10.5 Å². The van der Waals surface area contributed by atoms with Crippen LogP contribution in [0.1, 0.15) is 30.5 Å². The van der Waals surface area contributed by atoms with Crippen LogP contribution in [0.25, 0.3) is 0 Å². The maximum Gasteiger partial charge on any atom is 0.323 e. The molecule has 1 N–H and O–H groups in total. The molecule has 1 aromatic rings. The number of carboxylic acid groups (broad SMARTS) is 1. The molecule has 1 aliphatic heterocycles. The van der Waals surface area contributed by atoms with Gasteiger partial charge in [0.25, 0.3) is 0 Å². The smallest absolute Gasteiger partial charge is 0.323 e. The predicted octanol–water partition coefficient (Wildman–Crippen LogP) is 1.89. The van der Waals surface area contributed by atoms with Crippen LogP contribution in [-0.4, -0.2) is 33.0 Å². The van der Waals surface area contributed by atoms with Gasteiger partial charge in [0.2, 0.25) is 0 Å². The van der Waals surface area contributed by atoms with E-state index in [0.717, 1.165) is 30.1 Å². The Bertz CT molecular complexity index is 404. The summed E-state index contributed by atoms with van der Waals surface area (Å²) in [6, 6.07) is 0. The number of aliphatic carboxylic acids is 1. The Balaban J connectivity index is 2.12. The Morgan fingerprint density at radius 1 is 1.75 bits per heavy atom. The maximum absolute atomic E-state index is 11.3. The molecule has 2 heterocycles. The average Bonchev–Trinajstić information content (AvgIpc) is 2.76. The molecule has 0 aromatic carbocycles. The maximum atomic E-state index is 11.3. The Hall–Kier alpha value is -0.940. The zero-order valence-corrected chi connectivity index (χ0v) is 10.4.